The Bertz CT molecular complexity index is 646. The second-order valence-electron chi connectivity index (χ2n) is 5.14. The first-order valence-electron chi connectivity index (χ1n) is 6.54. The maximum Gasteiger partial charge on any atom is 0.142 e. The van der Waals surface area contributed by atoms with Crippen LogP contribution in [0.4, 0.5) is 4.39 Å². The predicted octanol–water partition coefficient (Wildman–Crippen LogP) is 3.66. The second-order valence-corrected chi connectivity index (χ2v) is 5.52. The van der Waals surface area contributed by atoms with E-state index in [-0.39, 0.29) is 5.02 Å². The molecule has 1 aliphatic rings. The lowest BCUT2D eigenvalue weighted by atomic mass is 9.80. The van der Waals surface area contributed by atoms with Crippen molar-refractivity contribution >= 4 is 11.6 Å². The van der Waals surface area contributed by atoms with E-state index in [0.29, 0.717) is 19.4 Å². The van der Waals surface area contributed by atoms with Gasteiger partial charge in [-0.15, -0.1) is 0 Å². The molecule has 2 aromatic rings. The van der Waals surface area contributed by atoms with Crippen LogP contribution in [0.25, 0.3) is 0 Å². The van der Waals surface area contributed by atoms with Gasteiger partial charge in [-0.2, -0.15) is 0 Å². The Labute approximate surface area is 122 Å². The van der Waals surface area contributed by atoms with Crippen LogP contribution in [-0.4, -0.2) is 6.61 Å². The van der Waals surface area contributed by atoms with Crippen molar-refractivity contribution in [2.24, 2.45) is 5.73 Å². The van der Waals surface area contributed by atoms with Crippen LogP contribution in [0.1, 0.15) is 17.5 Å². The fourth-order valence-corrected chi connectivity index (χ4v) is 2.88. The van der Waals surface area contributed by atoms with Gasteiger partial charge in [-0.3, -0.25) is 0 Å². The highest BCUT2D eigenvalue weighted by Crippen LogP contribution is 2.38. The summed E-state index contributed by atoms with van der Waals surface area (Å²) in [6.07, 6.45) is 1.17. The molecule has 0 radical (unpaired) electrons. The Kier molecular flexibility index (Phi) is 3.40. The molecule has 4 heteroatoms. The Morgan fingerprint density at radius 1 is 1.20 bits per heavy atom. The Balaban J connectivity index is 2.00. The number of hydrogen-bond donors (Lipinski definition) is 1. The molecular weight excluding hydrogens is 277 g/mol. The molecule has 1 heterocycles. The molecule has 1 atom stereocenters. The average molecular weight is 292 g/mol. The van der Waals surface area contributed by atoms with Crippen LogP contribution in [0, 0.1) is 5.82 Å². The van der Waals surface area contributed by atoms with Crippen molar-refractivity contribution in [3.63, 3.8) is 0 Å². The summed E-state index contributed by atoms with van der Waals surface area (Å²) in [6, 6.07) is 12.5. The van der Waals surface area contributed by atoms with Gasteiger partial charge >= 0.3 is 0 Å². The number of nitrogens with two attached hydrogens (primary N) is 1. The van der Waals surface area contributed by atoms with Gasteiger partial charge in [0.2, 0.25) is 0 Å². The van der Waals surface area contributed by atoms with Crippen molar-refractivity contribution in [1.29, 1.82) is 0 Å². The van der Waals surface area contributed by atoms with E-state index in [0.717, 1.165) is 16.9 Å². The van der Waals surface area contributed by atoms with E-state index in [4.69, 9.17) is 22.1 Å². The molecule has 0 fully saturated rings. The van der Waals surface area contributed by atoms with Crippen LogP contribution in [-0.2, 0) is 12.0 Å². The molecular formula is C16H15ClFNO. The molecule has 1 unspecified atom stereocenters. The maximum absolute atomic E-state index is 13.6. The van der Waals surface area contributed by atoms with Gasteiger partial charge in [0.05, 0.1) is 17.2 Å². The summed E-state index contributed by atoms with van der Waals surface area (Å²) in [5.74, 6) is 0.391. The number of fused-ring (bicyclic) bond motifs is 1. The molecule has 104 valence electrons. The number of rotatable bonds is 2. The first-order chi connectivity index (χ1) is 9.60. The highest BCUT2D eigenvalue weighted by Gasteiger charge is 2.34. The third-order valence-corrected chi connectivity index (χ3v) is 4.19. The van der Waals surface area contributed by atoms with Crippen molar-refractivity contribution < 1.29 is 9.13 Å². The van der Waals surface area contributed by atoms with Gasteiger partial charge in [-0.1, -0.05) is 41.9 Å². The van der Waals surface area contributed by atoms with Crippen LogP contribution < -0.4 is 10.5 Å². The van der Waals surface area contributed by atoms with E-state index in [2.05, 4.69) is 0 Å². The van der Waals surface area contributed by atoms with Gasteiger partial charge in [-0.25, -0.2) is 4.39 Å². The Morgan fingerprint density at radius 2 is 2.00 bits per heavy atom. The van der Waals surface area contributed by atoms with Gasteiger partial charge < -0.3 is 10.5 Å². The van der Waals surface area contributed by atoms with Crippen LogP contribution in [0.5, 0.6) is 5.75 Å². The average Bonchev–Trinajstić information content (AvgIpc) is 2.44. The molecule has 2 N–H and O–H groups in total. The fraction of sp³-hybridized carbons (Fsp3) is 0.250. The molecule has 2 aromatic carbocycles. The van der Waals surface area contributed by atoms with E-state index < -0.39 is 11.4 Å². The lowest BCUT2D eigenvalue weighted by Gasteiger charge is -2.36. The Hall–Kier alpha value is -1.58. The van der Waals surface area contributed by atoms with Crippen molar-refractivity contribution in [2.75, 3.05) is 6.61 Å². The van der Waals surface area contributed by atoms with E-state index in [1.165, 1.54) is 6.07 Å². The summed E-state index contributed by atoms with van der Waals surface area (Å²) in [5, 5.41) is 0.154. The van der Waals surface area contributed by atoms with Gasteiger partial charge in [0, 0.05) is 12.0 Å². The molecule has 3 rings (SSSR count). The lowest BCUT2D eigenvalue weighted by Crippen LogP contribution is -2.43. The van der Waals surface area contributed by atoms with Gasteiger partial charge in [0.15, 0.2) is 0 Å². The van der Waals surface area contributed by atoms with Crippen molar-refractivity contribution in [3.05, 3.63) is 64.4 Å². The number of ether oxygens (including phenoxy) is 1. The maximum atomic E-state index is 13.6. The monoisotopic (exact) mass is 291 g/mol. The standard InChI is InChI=1S/C16H15ClFNO/c17-15-11(4-3-6-13(15)18)10-16(19)8-9-20-14-7-2-1-5-12(14)16/h1-7H,8-10,19H2. The minimum atomic E-state index is -0.577. The normalized spacial score (nSPS) is 21.1. The topological polar surface area (TPSA) is 35.2 Å². The Morgan fingerprint density at radius 3 is 2.85 bits per heavy atom. The first-order valence-corrected chi connectivity index (χ1v) is 6.92. The lowest BCUT2D eigenvalue weighted by molar-refractivity contribution is 0.215. The van der Waals surface area contributed by atoms with Crippen molar-refractivity contribution in [1.82, 2.24) is 0 Å². The highest BCUT2D eigenvalue weighted by molar-refractivity contribution is 6.31. The smallest absolute Gasteiger partial charge is 0.142 e. The first kappa shape index (κ1) is 13.4. The SMILES string of the molecule is NC1(Cc2cccc(F)c2Cl)CCOc2ccccc21. The van der Waals surface area contributed by atoms with Crippen LogP contribution in [0.15, 0.2) is 42.5 Å². The summed E-state index contributed by atoms with van der Waals surface area (Å²) in [4.78, 5) is 0. The zero-order valence-corrected chi connectivity index (χ0v) is 11.7. The van der Waals surface area contributed by atoms with Crippen molar-refractivity contribution in [2.45, 2.75) is 18.4 Å². The summed E-state index contributed by atoms with van der Waals surface area (Å²) in [7, 11) is 0. The largest absolute Gasteiger partial charge is 0.493 e. The third-order valence-electron chi connectivity index (χ3n) is 3.77. The van der Waals surface area contributed by atoms with Crippen LogP contribution in [0.3, 0.4) is 0 Å². The number of hydrogen-bond acceptors (Lipinski definition) is 2. The molecule has 0 saturated carbocycles. The minimum Gasteiger partial charge on any atom is -0.493 e. The molecule has 0 aromatic heterocycles. The molecule has 0 bridgehead atoms. The number of halogens is 2. The van der Waals surface area contributed by atoms with Crippen LogP contribution >= 0.6 is 11.6 Å². The molecule has 0 spiro atoms. The zero-order chi connectivity index (χ0) is 14.2. The van der Waals surface area contributed by atoms with Gasteiger partial charge in [-0.05, 0) is 24.1 Å². The number of benzene rings is 2. The van der Waals surface area contributed by atoms with E-state index in [1.54, 1.807) is 6.07 Å². The summed E-state index contributed by atoms with van der Waals surface area (Å²) < 4.78 is 19.2. The van der Waals surface area contributed by atoms with Gasteiger partial charge in [0.25, 0.3) is 0 Å². The molecule has 1 aliphatic heterocycles. The minimum absolute atomic E-state index is 0.154. The summed E-state index contributed by atoms with van der Waals surface area (Å²) >= 11 is 6.04. The molecule has 0 saturated heterocycles. The van der Waals surface area contributed by atoms with E-state index >= 15 is 0 Å². The zero-order valence-electron chi connectivity index (χ0n) is 10.9. The predicted molar refractivity (Wildman–Crippen MR) is 77.5 cm³/mol. The van der Waals surface area contributed by atoms with E-state index in [9.17, 15) is 4.39 Å². The highest BCUT2D eigenvalue weighted by atomic mass is 35.5. The quantitative estimate of drug-likeness (QED) is 0.916. The van der Waals surface area contributed by atoms with Crippen molar-refractivity contribution in [3.8, 4) is 5.75 Å². The molecule has 20 heavy (non-hydrogen) atoms. The summed E-state index contributed by atoms with van der Waals surface area (Å²) in [6.45, 7) is 0.556. The third kappa shape index (κ3) is 2.28. The van der Waals surface area contributed by atoms with Crippen LogP contribution in [0.2, 0.25) is 5.02 Å². The number of para-hydroxylation sites is 1. The fourth-order valence-electron chi connectivity index (χ4n) is 2.69. The summed E-state index contributed by atoms with van der Waals surface area (Å²) in [5.41, 5.74) is 7.66. The van der Waals surface area contributed by atoms with E-state index in [1.807, 2.05) is 30.3 Å². The molecule has 2 nitrogen and oxygen atoms in total. The van der Waals surface area contributed by atoms with Gasteiger partial charge in [0.1, 0.15) is 11.6 Å². The second kappa shape index (κ2) is 5.08. The molecule has 0 amide bonds. The molecule has 0 aliphatic carbocycles.